The summed E-state index contributed by atoms with van der Waals surface area (Å²) in [5.41, 5.74) is 0.535. The summed E-state index contributed by atoms with van der Waals surface area (Å²) in [5.74, 6) is -0.220. The van der Waals surface area contributed by atoms with Crippen LogP contribution in [0.25, 0.3) is 0 Å². The molecule has 1 aromatic heterocycles. The van der Waals surface area contributed by atoms with Crippen LogP contribution in [0.15, 0.2) is 46.7 Å². The maximum Gasteiger partial charge on any atom is 0.265 e. The molecule has 0 saturated carbocycles. The molecular weight excluding hydrogens is 336 g/mol. The molecule has 0 saturated heterocycles. The van der Waals surface area contributed by atoms with Gasteiger partial charge in [-0.2, -0.15) is 0 Å². The summed E-state index contributed by atoms with van der Waals surface area (Å²) in [5, 5.41) is 4.54. The van der Waals surface area contributed by atoms with Gasteiger partial charge in [0.1, 0.15) is 0 Å². The molecule has 0 aliphatic rings. The maximum absolute atomic E-state index is 12.2. The van der Waals surface area contributed by atoms with Crippen molar-refractivity contribution in [1.29, 1.82) is 0 Å². The molecule has 0 radical (unpaired) electrons. The zero-order valence-electron chi connectivity index (χ0n) is 12.8. The summed E-state index contributed by atoms with van der Waals surface area (Å²) >= 11 is 1.34. The third kappa shape index (κ3) is 4.87. The lowest BCUT2D eigenvalue weighted by molar-refractivity contribution is 0.103. The molecular formula is C15H18N2O4S2. The summed E-state index contributed by atoms with van der Waals surface area (Å²) in [6.45, 7) is 2.00. The van der Waals surface area contributed by atoms with E-state index in [2.05, 4.69) is 10.0 Å². The maximum atomic E-state index is 12.2. The van der Waals surface area contributed by atoms with Crippen molar-refractivity contribution in [2.24, 2.45) is 0 Å². The Morgan fingerprint density at radius 1 is 1.26 bits per heavy atom. The number of rotatable bonds is 7. The van der Waals surface area contributed by atoms with Crippen molar-refractivity contribution in [2.75, 3.05) is 19.0 Å². The van der Waals surface area contributed by atoms with Crippen LogP contribution < -0.4 is 10.0 Å². The fourth-order valence-corrected chi connectivity index (χ4v) is 3.78. The molecule has 1 amide bonds. The second-order valence-corrected chi connectivity index (χ2v) is 7.60. The quantitative estimate of drug-likeness (QED) is 0.799. The van der Waals surface area contributed by atoms with Crippen molar-refractivity contribution in [3.63, 3.8) is 0 Å². The first-order chi connectivity index (χ1) is 10.9. The minimum absolute atomic E-state index is 0.134. The number of nitrogens with one attached hydrogen (secondary N) is 2. The van der Waals surface area contributed by atoms with Crippen LogP contribution in [0.2, 0.25) is 0 Å². The van der Waals surface area contributed by atoms with Crippen molar-refractivity contribution in [1.82, 2.24) is 4.72 Å². The van der Waals surface area contributed by atoms with Crippen LogP contribution in [0.3, 0.4) is 0 Å². The number of anilines is 1. The molecule has 0 bridgehead atoms. The van der Waals surface area contributed by atoms with Gasteiger partial charge in [-0.25, -0.2) is 13.1 Å². The Bertz CT molecular complexity index is 740. The van der Waals surface area contributed by atoms with E-state index in [1.54, 1.807) is 31.2 Å². The van der Waals surface area contributed by atoms with E-state index in [4.69, 9.17) is 4.74 Å². The number of hydrogen-bond acceptors (Lipinski definition) is 5. The molecule has 2 N–H and O–H groups in total. The van der Waals surface area contributed by atoms with Crippen LogP contribution in [0.4, 0.5) is 5.69 Å². The summed E-state index contributed by atoms with van der Waals surface area (Å²) in [7, 11) is -2.10. The standard InChI is InChI=1S/C15H18N2O4S2/c1-11(10-21-2)17-23(19,20)13-7-5-12(6-8-13)16-15(18)14-4-3-9-22-14/h3-9,11,17H,10H2,1-2H3,(H,16,18). The highest BCUT2D eigenvalue weighted by Crippen LogP contribution is 2.16. The van der Waals surface area contributed by atoms with E-state index < -0.39 is 10.0 Å². The predicted molar refractivity (Wildman–Crippen MR) is 90.4 cm³/mol. The molecule has 23 heavy (non-hydrogen) atoms. The first-order valence-electron chi connectivity index (χ1n) is 6.88. The summed E-state index contributed by atoms with van der Waals surface area (Å²) in [6.07, 6.45) is 0. The second kappa shape index (κ2) is 7.69. The molecule has 1 heterocycles. The monoisotopic (exact) mass is 354 g/mol. The summed E-state index contributed by atoms with van der Waals surface area (Å²) in [4.78, 5) is 12.7. The Kier molecular flexibility index (Phi) is 5.89. The van der Waals surface area contributed by atoms with E-state index >= 15 is 0 Å². The first-order valence-corrected chi connectivity index (χ1v) is 9.25. The van der Waals surface area contributed by atoms with E-state index in [1.165, 1.54) is 30.6 Å². The van der Waals surface area contributed by atoms with E-state index in [0.717, 1.165) is 0 Å². The molecule has 1 unspecified atom stereocenters. The number of thiophene rings is 1. The molecule has 124 valence electrons. The Morgan fingerprint density at radius 3 is 2.52 bits per heavy atom. The van der Waals surface area contributed by atoms with Crippen molar-refractivity contribution in [3.05, 3.63) is 46.7 Å². The highest BCUT2D eigenvalue weighted by Gasteiger charge is 2.17. The summed E-state index contributed by atoms with van der Waals surface area (Å²) in [6, 6.07) is 9.20. The molecule has 0 aliphatic carbocycles. The van der Waals surface area contributed by atoms with Crippen LogP contribution in [-0.2, 0) is 14.8 Å². The van der Waals surface area contributed by atoms with Crippen LogP contribution in [0, 0.1) is 0 Å². The third-order valence-electron chi connectivity index (χ3n) is 2.94. The minimum atomic E-state index is -3.61. The largest absolute Gasteiger partial charge is 0.383 e. The fraction of sp³-hybridized carbons (Fsp3) is 0.267. The molecule has 0 fully saturated rings. The van der Waals surface area contributed by atoms with Gasteiger partial charge in [-0.05, 0) is 42.6 Å². The van der Waals surface area contributed by atoms with Crippen molar-refractivity contribution in [2.45, 2.75) is 17.9 Å². The average molecular weight is 354 g/mol. The second-order valence-electron chi connectivity index (χ2n) is 4.93. The number of hydrogen-bond donors (Lipinski definition) is 2. The zero-order chi connectivity index (χ0) is 16.9. The number of benzene rings is 1. The molecule has 2 aromatic rings. The van der Waals surface area contributed by atoms with Gasteiger partial charge in [0.25, 0.3) is 5.91 Å². The Morgan fingerprint density at radius 2 is 1.96 bits per heavy atom. The fourth-order valence-electron chi connectivity index (χ4n) is 1.93. The third-order valence-corrected chi connectivity index (χ3v) is 5.41. The molecule has 0 spiro atoms. The molecule has 8 heteroatoms. The van der Waals surface area contributed by atoms with Crippen LogP contribution in [0.1, 0.15) is 16.6 Å². The lowest BCUT2D eigenvalue weighted by atomic mass is 10.3. The number of amides is 1. The van der Waals surface area contributed by atoms with E-state index in [1.807, 2.05) is 5.38 Å². The number of carbonyl (C=O) groups is 1. The lowest BCUT2D eigenvalue weighted by Gasteiger charge is -2.13. The Balaban J connectivity index is 2.05. The van der Waals surface area contributed by atoms with Gasteiger partial charge in [0.05, 0.1) is 16.4 Å². The lowest BCUT2D eigenvalue weighted by Crippen LogP contribution is -2.35. The number of methoxy groups -OCH3 is 1. The number of ether oxygens (including phenoxy) is 1. The van der Waals surface area contributed by atoms with Gasteiger partial charge < -0.3 is 10.1 Å². The predicted octanol–water partition coefficient (Wildman–Crippen LogP) is 2.31. The van der Waals surface area contributed by atoms with Gasteiger partial charge in [0.15, 0.2) is 0 Å². The van der Waals surface area contributed by atoms with Gasteiger partial charge in [0.2, 0.25) is 10.0 Å². The smallest absolute Gasteiger partial charge is 0.265 e. The first kappa shape index (κ1) is 17.6. The van der Waals surface area contributed by atoms with Crippen LogP contribution in [-0.4, -0.2) is 34.1 Å². The highest BCUT2D eigenvalue weighted by atomic mass is 32.2. The Hall–Kier alpha value is -1.74. The zero-order valence-corrected chi connectivity index (χ0v) is 14.4. The van der Waals surface area contributed by atoms with E-state index in [0.29, 0.717) is 10.6 Å². The summed E-state index contributed by atoms with van der Waals surface area (Å²) < 4.78 is 31.8. The van der Waals surface area contributed by atoms with Crippen molar-refractivity contribution >= 4 is 33.0 Å². The molecule has 2 rings (SSSR count). The van der Waals surface area contributed by atoms with Crippen molar-refractivity contribution in [3.8, 4) is 0 Å². The topological polar surface area (TPSA) is 84.5 Å². The molecule has 0 aliphatic heterocycles. The van der Waals surface area contributed by atoms with Crippen LogP contribution in [0.5, 0.6) is 0 Å². The van der Waals surface area contributed by atoms with E-state index in [-0.39, 0.29) is 23.5 Å². The van der Waals surface area contributed by atoms with Crippen molar-refractivity contribution < 1.29 is 17.9 Å². The van der Waals surface area contributed by atoms with Crippen LogP contribution >= 0.6 is 11.3 Å². The highest BCUT2D eigenvalue weighted by molar-refractivity contribution is 7.89. The van der Waals surface area contributed by atoms with Gasteiger partial charge in [-0.1, -0.05) is 6.07 Å². The molecule has 6 nitrogen and oxygen atoms in total. The van der Waals surface area contributed by atoms with E-state index in [9.17, 15) is 13.2 Å². The molecule has 1 aromatic carbocycles. The normalized spacial score (nSPS) is 12.8. The van der Waals surface area contributed by atoms with Gasteiger partial charge >= 0.3 is 0 Å². The molecule has 1 atom stereocenters. The Labute approximate surface area is 139 Å². The average Bonchev–Trinajstić information content (AvgIpc) is 3.01. The SMILES string of the molecule is COCC(C)NS(=O)(=O)c1ccc(NC(=O)c2cccs2)cc1. The number of carbonyl (C=O) groups excluding carboxylic acids is 1. The van der Waals surface area contributed by atoms with Gasteiger partial charge in [-0.3, -0.25) is 4.79 Å². The van der Waals surface area contributed by atoms with Gasteiger partial charge in [0, 0.05) is 18.8 Å². The number of sulfonamides is 1. The minimum Gasteiger partial charge on any atom is -0.383 e. The van der Waals surface area contributed by atoms with Gasteiger partial charge in [-0.15, -0.1) is 11.3 Å².